The fourth-order valence-corrected chi connectivity index (χ4v) is 10.7. The Hall–Kier alpha value is -7.94. The highest BCUT2D eigenvalue weighted by Crippen LogP contribution is 2.64. The Morgan fingerprint density at radius 3 is 1.51 bits per heavy atom. The average Bonchev–Trinajstić information content (AvgIpc) is 3.81. The van der Waals surface area contributed by atoms with Crippen LogP contribution < -0.4 is 0 Å². The minimum Gasteiger partial charge on any atom is -0.228 e. The second kappa shape index (κ2) is 13.0. The van der Waals surface area contributed by atoms with Crippen molar-refractivity contribution < 1.29 is 0 Å². The predicted octanol–water partition coefficient (Wildman–Crippen LogP) is 14.9. The Kier molecular flexibility index (Phi) is 7.26. The summed E-state index contributed by atoms with van der Waals surface area (Å²) in [6.45, 7) is 0. The highest BCUT2D eigenvalue weighted by Gasteiger charge is 2.52. The van der Waals surface area contributed by atoms with Gasteiger partial charge in [0.05, 0.1) is 16.8 Å². The van der Waals surface area contributed by atoms with Gasteiger partial charge < -0.3 is 0 Å². The maximum atomic E-state index is 5.44. The number of benzene rings is 10. The van der Waals surface area contributed by atoms with Crippen molar-refractivity contribution >= 4 is 32.3 Å². The van der Waals surface area contributed by atoms with Crippen LogP contribution in [-0.4, -0.2) is 9.97 Å². The molecule has 2 aliphatic carbocycles. The third kappa shape index (κ3) is 4.91. The summed E-state index contributed by atoms with van der Waals surface area (Å²) < 4.78 is 0. The van der Waals surface area contributed by atoms with Crippen LogP contribution in [0.3, 0.4) is 0 Å². The van der Waals surface area contributed by atoms with Crippen LogP contribution in [0.5, 0.6) is 0 Å². The van der Waals surface area contributed by atoms with E-state index in [0.717, 1.165) is 28.1 Å². The topological polar surface area (TPSA) is 25.8 Å². The first kappa shape index (κ1) is 34.0. The molecule has 0 atom stereocenters. The molecule has 10 aromatic carbocycles. The summed E-state index contributed by atoms with van der Waals surface area (Å²) in [7, 11) is 0. The molecule has 1 aromatic heterocycles. The lowest BCUT2D eigenvalue weighted by atomic mass is 9.69. The summed E-state index contributed by atoms with van der Waals surface area (Å²) in [4.78, 5) is 10.7. The molecule has 0 saturated carbocycles. The van der Waals surface area contributed by atoms with Gasteiger partial charge in [0, 0.05) is 16.7 Å². The molecule has 0 unspecified atom stereocenters. The van der Waals surface area contributed by atoms with Gasteiger partial charge in [-0.05, 0) is 112 Å². The lowest BCUT2D eigenvalue weighted by Gasteiger charge is -2.32. The molecule has 0 fully saturated rings. The van der Waals surface area contributed by atoms with Gasteiger partial charge in [0.2, 0.25) is 0 Å². The molecular weight excluding hydrogens is 737 g/mol. The van der Waals surface area contributed by atoms with Gasteiger partial charge >= 0.3 is 0 Å². The number of hydrogen-bond acceptors (Lipinski definition) is 2. The van der Waals surface area contributed by atoms with E-state index >= 15 is 0 Å². The maximum absolute atomic E-state index is 5.44. The van der Waals surface area contributed by atoms with Gasteiger partial charge in [-0.1, -0.05) is 194 Å². The van der Waals surface area contributed by atoms with Crippen molar-refractivity contribution in [2.24, 2.45) is 0 Å². The molecule has 11 aromatic rings. The van der Waals surface area contributed by atoms with E-state index in [4.69, 9.17) is 9.97 Å². The highest BCUT2D eigenvalue weighted by atomic mass is 14.9. The molecule has 1 spiro atoms. The number of hydrogen-bond donors (Lipinski definition) is 0. The van der Waals surface area contributed by atoms with Crippen LogP contribution in [0.2, 0.25) is 0 Å². The van der Waals surface area contributed by atoms with Gasteiger partial charge in [0.15, 0.2) is 5.82 Å². The lowest BCUT2D eigenvalue weighted by molar-refractivity contribution is 0.795. The Bertz CT molecular complexity index is 3520. The molecule has 2 nitrogen and oxygen atoms in total. The average molecular weight is 773 g/mol. The molecule has 0 N–H and O–H groups in total. The van der Waals surface area contributed by atoms with E-state index < -0.39 is 5.41 Å². The second-order valence-corrected chi connectivity index (χ2v) is 16.4. The van der Waals surface area contributed by atoms with E-state index in [9.17, 15) is 0 Å². The van der Waals surface area contributed by atoms with Crippen molar-refractivity contribution in [2.45, 2.75) is 5.41 Å². The van der Waals surface area contributed by atoms with Crippen LogP contribution in [0.25, 0.3) is 99.6 Å². The summed E-state index contributed by atoms with van der Waals surface area (Å²) in [6.07, 6.45) is 0. The van der Waals surface area contributed by atoms with Gasteiger partial charge in [-0.2, -0.15) is 0 Å². The second-order valence-electron chi connectivity index (χ2n) is 16.4. The maximum Gasteiger partial charge on any atom is 0.160 e. The number of nitrogens with zero attached hydrogens (tertiary/aromatic N) is 2. The number of aromatic nitrogens is 2. The van der Waals surface area contributed by atoms with E-state index in [1.807, 2.05) is 6.07 Å². The zero-order valence-corrected chi connectivity index (χ0v) is 33.2. The van der Waals surface area contributed by atoms with Crippen molar-refractivity contribution in [3.8, 4) is 67.3 Å². The van der Waals surface area contributed by atoms with Crippen molar-refractivity contribution in [3.63, 3.8) is 0 Å². The highest BCUT2D eigenvalue weighted by molar-refractivity contribution is 6.17. The van der Waals surface area contributed by atoms with Gasteiger partial charge in [-0.3, -0.25) is 0 Å². The molecule has 282 valence electrons. The molecule has 2 aliphatic rings. The summed E-state index contributed by atoms with van der Waals surface area (Å²) >= 11 is 0. The Morgan fingerprint density at radius 2 is 0.803 bits per heavy atom. The van der Waals surface area contributed by atoms with Gasteiger partial charge in [-0.25, -0.2) is 9.97 Å². The van der Waals surface area contributed by atoms with Crippen LogP contribution in [0.15, 0.2) is 218 Å². The van der Waals surface area contributed by atoms with E-state index in [0.29, 0.717) is 5.82 Å². The molecule has 1 heterocycles. The fraction of sp³-hybridized carbons (Fsp3) is 0.0169. The van der Waals surface area contributed by atoms with Crippen LogP contribution >= 0.6 is 0 Å². The van der Waals surface area contributed by atoms with Crippen molar-refractivity contribution in [2.75, 3.05) is 0 Å². The van der Waals surface area contributed by atoms with Gasteiger partial charge in [-0.15, -0.1) is 0 Å². The molecular formula is C59H36N2. The van der Waals surface area contributed by atoms with E-state index in [-0.39, 0.29) is 0 Å². The van der Waals surface area contributed by atoms with E-state index in [2.05, 4.69) is 212 Å². The molecule has 0 radical (unpaired) electrons. The normalized spacial score (nSPS) is 13.0. The summed E-state index contributed by atoms with van der Waals surface area (Å²) in [5.41, 5.74) is 17.2. The van der Waals surface area contributed by atoms with Crippen LogP contribution in [-0.2, 0) is 5.41 Å². The molecule has 2 heteroatoms. The molecule has 0 aliphatic heterocycles. The fourth-order valence-electron chi connectivity index (χ4n) is 10.7. The minimum absolute atomic E-state index is 0.496. The monoisotopic (exact) mass is 772 g/mol. The smallest absolute Gasteiger partial charge is 0.160 e. The Morgan fingerprint density at radius 1 is 0.279 bits per heavy atom. The Labute approximate surface area is 354 Å². The first-order chi connectivity index (χ1) is 30.2. The third-order valence-corrected chi connectivity index (χ3v) is 13.3. The van der Waals surface area contributed by atoms with Crippen molar-refractivity contribution in [1.29, 1.82) is 0 Å². The standard InChI is InChI=1S/C59H36N2/c1-2-15-39(16-3-1)58-60-55(38-31-29-37(30-32-38)50-35-42-33-40-17-4-5-18-41(40)34-51(42)44-20-7-6-19-43(44)50)36-56(61-58)49-25-14-24-48-47-23-10-13-28-54(47)59(57(48)49)52-26-11-8-21-45(52)46-22-9-12-27-53(46)59/h1-36H. The molecule has 0 bridgehead atoms. The minimum atomic E-state index is -0.496. The zero-order valence-electron chi connectivity index (χ0n) is 33.2. The van der Waals surface area contributed by atoms with Crippen LogP contribution in [0.4, 0.5) is 0 Å². The Balaban J connectivity index is 1.01. The zero-order chi connectivity index (χ0) is 40.1. The van der Waals surface area contributed by atoms with Gasteiger partial charge in [0.1, 0.15) is 0 Å². The molecule has 61 heavy (non-hydrogen) atoms. The third-order valence-electron chi connectivity index (χ3n) is 13.3. The van der Waals surface area contributed by atoms with Crippen LogP contribution in [0.1, 0.15) is 22.3 Å². The van der Waals surface area contributed by atoms with Crippen molar-refractivity contribution in [3.05, 3.63) is 241 Å². The van der Waals surface area contributed by atoms with E-state index in [1.165, 1.54) is 88.0 Å². The van der Waals surface area contributed by atoms with Crippen LogP contribution in [0, 0.1) is 0 Å². The quantitative estimate of drug-likeness (QED) is 0.132. The number of fused-ring (bicyclic) bond motifs is 14. The number of rotatable bonds is 4. The summed E-state index contributed by atoms with van der Waals surface area (Å²) in [6, 6.07) is 79.7. The first-order valence-electron chi connectivity index (χ1n) is 21.1. The molecule has 0 amide bonds. The SMILES string of the molecule is c1ccc(-c2nc(-c3ccc(-c4cc5cc6ccccc6cc5c5ccccc45)cc3)cc(-c3cccc4c3C3(c5ccccc5-c5ccccc53)c3ccccc3-4)n2)cc1. The lowest BCUT2D eigenvalue weighted by Crippen LogP contribution is -2.26. The molecule has 13 rings (SSSR count). The predicted molar refractivity (Wildman–Crippen MR) is 253 cm³/mol. The van der Waals surface area contributed by atoms with Gasteiger partial charge in [0.25, 0.3) is 0 Å². The summed E-state index contributed by atoms with van der Waals surface area (Å²) in [5.74, 6) is 0.708. The first-order valence-corrected chi connectivity index (χ1v) is 21.1. The largest absolute Gasteiger partial charge is 0.228 e. The molecule has 0 saturated heterocycles. The van der Waals surface area contributed by atoms with Crippen molar-refractivity contribution in [1.82, 2.24) is 9.97 Å². The van der Waals surface area contributed by atoms with E-state index in [1.54, 1.807) is 0 Å². The summed E-state index contributed by atoms with van der Waals surface area (Å²) in [5, 5.41) is 7.54.